The van der Waals surface area contributed by atoms with E-state index in [0.717, 1.165) is 11.8 Å². The molecular weight excluding hydrogens is 338 g/mol. The van der Waals surface area contributed by atoms with Gasteiger partial charge in [-0.1, -0.05) is 44.2 Å². The van der Waals surface area contributed by atoms with Crippen LogP contribution in [0.5, 0.6) is 11.5 Å². The smallest absolute Gasteiger partial charge is 0.255 e. The molecule has 0 atom stereocenters. The average molecular weight is 361 g/mol. The summed E-state index contributed by atoms with van der Waals surface area (Å²) in [5.74, 6) is 0.965. The first-order chi connectivity index (χ1) is 11.8. The number of benzene rings is 2. The van der Waals surface area contributed by atoms with Crippen molar-refractivity contribution in [3.63, 3.8) is 0 Å². The Hall–Kier alpha value is -2.34. The highest BCUT2D eigenvalue weighted by Crippen LogP contribution is 2.31. The molecule has 2 rings (SSSR count). The molecule has 134 valence electrons. The van der Waals surface area contributed by atoms with E-state index in [9.17, 15) is 13.2 Å². The molecule has 2 aromatic rings. The maximum Gasteiger partial charge on any atom is 0.255 e. The Morgan fingerprint density at radius 3 is 2.28 bits per heavy atom. The summed E-state index contributed by atoms with van der Waals surface area (Å²) < 4.78 is 28.4. The highest BCUT2D eigenvalue weighted by Gasteiger charge is 2.15. The van der Waals surface area contributed by atoms with Crippen LogP contribution in [0.15, 0.2) is 48.5 Å². The zero-order valence-electron chi connectivity index (χ0n) is 14.7. The topological polar surface area (TPSA) is 72.5 Å². The number of hydrogen-bond donors (Lipinski definition) is 1. The molecule has 0 aliphatic rings. The molecule has 0 aromatic heterocycles. The van der Waals surface area contributed by atoms with Gasteiger partial charge in [-0.15, -0.1) is 0 Å². The van der Waals surface area contributed by atoms with E-state index in [1.54, 1.807) is 24.3 Å². The van der Waals surface area contributed by atoms with Crippen LogP contribution in [-0.2, 0) is 9.84 Å². The van der Waals surface area contributed by atoms with Crippen LogP contribution in [0.4, 0.5) is 0 Å². The van der Waals surface area contributed by atoms with Gasteiger partial charge in [-0.25, -0.2) is 8.42 Å². The first kappa shape index (κ1) is 19.0. The molecule has 0 aliphatic heterocycles. The second-order valence-electron chi connectivity index (χ2n) is 6.18. The second-order valence-corrected chi connectivity index (χ2v) is 8.44. The van der Waals surface area contributed by atoms with Crippen LogP contribution in [0.1, 0.15) is 35.7 Å². The second kappa shape index (κ2) is 8.16. The largest absolute Gasteiger partial charge is 0.456 e. The summed E-state index contributed by atoms with van der Waals surface area (Å²) in [6.07, 6.45) is 1.14. The van der Waals surface area contributed by atoms with Crippen molar-refractivity contribution in [3.05, 3.63) is 59.7 Å². The molecule has 0 aliphatic carbocycles. The van der Waals surface area contributed by atoms with E-state index in [2.05, 4.69) is 19.2 Å². The molecule has 0 saturated carbocycles. The predicted octanol–water partition coefficient (Wildman–Crippen LogP) is 3.38. The summed E-state index contributed by atoms with van der Waals surface area (Å²) in [4.78, 5) is 12.4. The van der Waals surface area contributed by atoms with E-state index < -0.39 is 9.84 Å². The first-order valence-corrected chi connectivity index (χ1v) is 10.2. The molecule has 0 heterocycles. The lowest BCUT2D eigenvalue weighted by Gasteiger charge is -2.15. The molecule has 5 nitrogen and oxygen atoms in total. The zero-order valence-corrected chi connectivity index (χ0v) is 15.5. The van der Waals surface area contributed by atoms with Gasteiger partial charge < -0.3 is 10.1 Å². The van der Waals surface area contributed by atoms with Crippen molar-refractivity contribution in [2.24, 2.45) is 0 Å². The third kappa shape index (κ3) is 5.60. The van der Waals surface area contributed by atoms with Crippen molar-refractivity contribution in [2.75, 3.05) is 18.6 Å². The lowest BCUT2D eigenvalue weighted by Crippen LogP contribution is -2.29. The van der Waals surface area contributed by atoms with E-state index in [0.29, 0.717) is 17.1 Å². The standard InChI is InChI=1S/C19H23NO4S/c1-14(2)15-8-4-6-10-17(15)24-18-11-7-5-9-16(18)19(21)20-12-13-25(3,22)23/h4-11,14H,12-13H2,1-3H3,(H,20,21). The van der Waals surface area contributed by atoms with Crippen molar-refractivity contribution >= 4 is 15.7 Å². The minimum absolute atomic E-state index is 0.0641. The number of hydrogen-bond acceptors (Lipinski definition) is 4. The van der Waals surface area contributed by atoms with Gasteiger partial charge in [0.25, 0.3) is 5.91 Å². The molecule has 0 bridgehead atoms. The average Bonchev–Trinajstić information content (AvgIpc) is 2.54. The number of ether oxygens (including phenoxy) is 1. The maximum atomic E-state index is 12.4. The quantitative estimate of drug-likeness (QED) is 0.821. The molecule has 0 saturated heterocycles. The van der Waals surface area contributed by atoms with Crippen molar-refractivity contribution in [1.29, 1.82) is 0 Å². The Morgan fingerprint density at radius 2 is 1.64 bits per heavy atom. The van der Waals surface area contributed by atoms with E-state index in [-0.39, 0.29) is 24.1 Å². The lowest BCUT2D eigenvalue weighted by atomic mass is 10.0. The van der Waals surface area contributed by atoms with Crippen LogP contribution in [-0.4, -0.2) is 32.9 Å². The molecule has 1 amide bonds. The molecule has 2 aromatic carbocycles. The first-order valence-electron chi connectivity index (χ1n) is 8.09. The summed E-state index contributed by atoms with van der Waals surface area (Å²) >= 11 is 0. The van der Waals surface area contributed by atoms with Gasteiger partial charge >= 0.3 is 0 Å². The lowest BCUT2D eigenvalue weighted by molar-refractivity contribution is 0.0954. The van der Waals surface area contributed by atoms with Crippen molar-refractivity contribution in [2.45, 2.75) is 19.8 Å². The van der Waals surface area contributed by atoms with E-state index in [4.69, 9.17) is 4.74 Å². The van der Waals surface area contributed by atoms with Gasteiger partial charge in [-0.05, 0) is 29.7 Å². The van der Waals surface area contributed by atoms with Gasteiger partial charge in [0.15, 0.2) is 0 Å². The highest BCUT2D eigenvalue weighted by atomic mass is 32.2. The van der Waals surface area contributed by atoms with Gasteiger partial charge in [0.05, 0.1) is 11.3 Å². The van der Waals surface area contributed by atoms with Gasteiger partial charge in [0.2, 0.25) is 0 Å². The maximum absolute atomic E-state index is 12.4. The van der Waals surface area contributed by atoms with Crippen LogP contribution in [0.25, 0.3) is 0 Å². The van der Waals surface area contributed by atoms with Crippen LogP contribution in [0.2, 0.25) is 0 Å². The highest BCUT2D eigenvalue weighted by molar-refractivity contribution is 7.90. The van der Waals surface area contributed by atoms with Gasteiger partial charge in [-0.3, -0.25) is 4.79 Å². The molecular formula is C19H23NO4S. The monoisotopic (exact) mass is 361 g/mol. The number of rotatable bonds is 7. The fraction of sp³-hybridized carbons (Fsp3) is 0.316. The number of amides is 1. The van der Waals surface area contributed by atoms with E-state index in [1.165, 1.54) is 0 Å². The third-order valence-electron chi connectivity index (χ3n) is 3.65. The Morgan fingerprint density at radius 1 is 1.04 bits per heavy atom. The van der Waals surface area contributed by atoms with E-state index >= 15 is 0 Å². The minimum atomic E-state index is -3.12. The minimum Gasteiger partial charge on any atom is -0.456 e. The van der Waals surface area contributed by atoms with Crippen LogP contribution < -0.4 is 10.1 Å². The molecule has 25 heavy (non-hydrogen) atoms. The number of sulfone groups is 1. The Balaban J connectivity index is 2.20. The van der Waals surface area contributed by atoms with Crippen LogP contribution in [0.3, 0.4) is 0 Å². The van der Waals surface area contributed by atoms with Crippen molar-refractivity contribution < 1.29 is 17.9 Å². The summed E-state index contributed by atoms with van der Waals surface area (Å²) in [5.41, 5.74) is 1.42. The Labute approximate surface area is 148 Å². The summed E-state index contributed by atoms with van der Waals surface area (Å²) in [6.45, 7) is 4.21. The molecule has 0 spiro atoms. The van der Waals surface area contributed by atoms with Gasteiger partial charge in [0.1, 0.15) is 21.3 Å². The fourth-order valence-electron chi connectivity index (χ4n) is 2.36. The normalized spacial score (nSPS) is 11.4. The summed E-state index contributed by atoms with van der Waals surface area (Å²) in [7, 11) is -3.12. The number of carbonyl (C=O) groups excluding carboxylic acids is 1. The molecule has 0 fully saturated rings. The fourth-order valence-corrected chi connectivity index (χ4v) is 2.83. The van der Waals surface area contributed by atoms with Crippen molar-refractivity contribution in [3.8, 4) is 11.5 Å². The van der Waals surface area contributed by atoms with Gasteiger partial charge in [-0.2, -0.15) is 0 Å². The number of nitrogens with one attached hydrogen (secondary N) is 1. The predicted molar refractivity (Wildman–Crippen MR) is 99.1 cm³/mol. The third-order valence-corrected chi connectivity index (χ3v) is 4.60. The summed E-state index contributed by atoms with van der Waals surface area (Å²) in [6, 6.07) is 14.6. The summed E-state index contributed by atoms with van der Waals surface area (Å²) in [5, 5.41) is 2.62. The van der Waals surface area contributed by atoms with Crippen LogP contribution >= 0.6 is 0 Å². The number of para-hydroxylation sites is 2. The Bertz CT molecular complexity index is 844. The molecule has 0 unspecified atom stereocenters. The zero-order chi connectivity index (χ0) is 18.4. The SMILES string of the molecule is CC(C)c1ccccc1Oc1ccccc1C(=O)NCCS(C)(=O)=O. The van der Waals surface area contributed by atoms with Gasteiger partial charge in [0, 0.05) is 12.8 Å². The van der Waals surface area contributed by atoms with E-state index in [1.807, 2.05) is 24.3 Å². The molecule has 6 heteroatoms. The molecule has 0 radical (unpaired) electrons. The van der Waals surface area contributed by atoms with Crippen molar-refractivity contribution in [1.82, 2.24) is 5.32 Å². The molecule has 1 N–H and O–H groups in total. The number of carbonyl (C=O) groups is 1. The Kier molecular flexibility index (Phi) is 6.20. The van der Waals surface area contributed by atoms with Crippen LogP contribution in [0, 0.1) is 0 Å².